The first-order valence-electron chi connectivity index (χ1n) is 3.61. The van der Waals surface area contributed by atoms with Crippen LogP contribution >= 0.6 is 15.9 Å². The summed E-state index contributed by atoms with van der Waals surface area (Å²) in [7, 11) is 0. The lowest BCUT2D eigenvalue weighted by molar-refractivity contribution is 0.590. The van der Waals surface area contributed by atoms with Crippen LogP contribution in [0.3, 0.4) is 0 Å². The zero-order chi connectivity index (χ0) is 9.26. The maximum absolute atomic E-state index is 5.31. The molecule has 66 valence electrons. The van der Waals surface area contributed by atoms with E-state index < -0.39 is 0 Å². The largest absolute Gasteiger partial charge is 0.404 e. The summed E-state index contributed by atoms with van der Waals surface area (Å²) in [6.45, 7) is 0. The van der Waals surface area contributed by atoms with Crippen molar-refractivity contribution in [2.24, 2.45) is 0 Å². The van der Waals surface area contributed by atoms with Gasteiger partial charge in [-0.25, -0.2) is 0 Å². The Bertz CT molecular complexity index is 427. The molecule has 0 aliphatic carbocycles. The molecule has 1 aromatic carbocycles. The Morgan fingerprint density at radius 2 is 2.00 bits per heavy atom. The Labute approximate surface area is 82.9 Å². The van der Waals surface area contributed by atoms with Crippen molar-refractivity contribution < 1.29 is 4.42 Å². The third-order valence-corrected chi connectivity index (χ3v) is 2.24. The summed E-state index contributed by atoms with van der Waals surface area (Å²) in [4.78, 5) is 0. The van der Waals surface area contributed by atoms with Crippen LogP contribution in [0.4, 0.5) is 6.01 Å². The van der Waals surface area contributed by atoms with Crippen molar-refractivity contribution in [1.29, 1.82) is 0 Å². The molecule has 0 radical (unpaired) electrons. The first-order chi connectivity index (χ1) is 6.27. The van der Waals surface area contributed by atoms with Gasteiger partial charge in [-0.2, -0.15) is 0 Å². The van der Waals surface area contributed by atoms with Crippen LogP contribution in [0.25, 0.3) is 11.5 Å². The maximum atomic E-state index is 5.31. The monoisotopic (exact) mass is 239 g/mol. The molecule has 0 bridgehead atoms. The number of nitrogens with zero attached hydrogens (tertiary/aromatic N) is 2. The number of benzene rings is 1. The van der Waals surface area contributed by atoms with Gasteiger partial charge in [0, 0.05) is 4.47 Å². The molecule has 1 heterocycles. The number of nitrogen functional groups attached to an aromatic ring is 1. The van der Waals surface area contributed by atoms with Crippen molar-refractivity contribution in [3.05, 3.63) is 28.7 Å². The molecule has 0 saturated heterocycles. The summed E-state index contributed by atoms with van der Waals surface area (Å²) in [5.74, 6) is 0.421. The molecule has 0 amide bonds. The van der Waals surface area contributed by atoms with Crippen LogP contribution in [0.5, 0.6) is 0 Å². The van der Waals surface area contributed by atoms with Crippen LogP contribution in [-0.4, -0.2) is 10.2 Å². The fourth-order valence-electron chi connectivity index (χ4n) is 0.978. The minimum atomic E-state index is 0.0748. The molecular weight excluding hydrogens is 234 g/mol. The van der Waals surface area contributed by atoms with E-state index in [1.54, 1.807) is 0 Å². The van der Waals surface area contributed by atoms with Gasteiger partial charge in [-0.15, -0.1) is 5.10 Å². The Balaban J connectivity index is 2.52. The van der Waals surface area contributed by atoms with Gasteiger partial charge in [0.2, 0.25) is 0 Å². The highest BCUT2D eigenvalue weighted by Crippen LogP contribution is 2.26. The third kappa shape index (κ3) is 1.55. The molecular formula is C8H6BrN3O. The van der Waals surface area contributed by atoms with E-state index in [-0.39, 0.29) is 6.01 Å². The van der Waals surface area contributed by atoms with Gasteiger partial charge in [-0.05, 0) is 28.1 Å². The van der Waals surface area contributed by atoms with E-state index >= 15 is 0 Å². The number of aromatic nitrogens is 2. The van der Waals surface area contributed by atoms with Crippen LogP contribution in [0.1, 0.15) is 0 Å². The number of hydrogen-bond acceptors (Lipinski definition) is 4. The van der Waals surface area contributed by atoms with Gasteiger partial charge in [0.05, 0.1) is 5.56 Å². The average molecular weight is 240 g/mol. The van der Waals surface area contributed by atoms with Gasteiger partial charge in [-0.3, -0.25) is 0 Å². The first-order valence-corrected chi connectivity index (χ1v) is 4.40. The van der Waals surface area contributed by atoms with Crippen molar-refractivity contribution in [2.45, 2.75) is 0 Å². The average Bonchev–Trinajstić information content (AvgIpc) is 2.53. The zero-order valence-corrected chi connectivity index (χ0v) is 8.15. The fourth-order valence-corrected chi connectivity index (χ4v) is 1.43. The highest BCUT2D eigenvalue weighted by Gasteiger charge is 2.08. The lowest BCUT2D eigenvalue weighted by Gasteiger charge is -1.96. The third-order valence-electron chi connectivity index (χ3n) is 1.54. The normalized spacial score (nSPS) is 10.2. The zero-order valence-electron chi connectivity index (χ0n) is 6.57. The van der Waals surface area contributed by atoms with Crippen molar-refractivity contribution in [1.82, 2.24) is 10.2 Å². The molecule has 2 rings (SSSR count). The Hall–Kier alpha value is -1.36. The summed E-state index contributed by atoms with van der Waals surface area (Å²) >= 11 is 3.37. The molecule has 5 heteroatoms. The molecule has 13 heavy (non-hydrogen) atoms. The van der Waals surface area contributed by atoms with Crippen LogP contribution in [0, 0.1) is 0 Å². The molecule has 0 atom stereocenters. The number of halogens is 1. The molecule has 0 saturated carbocycles. The second kappa shape index (κ2) is 3.18. The number of rotatable bonds is 1. The smallest absolute Gasteiger partial charge is 0.313 e. The van der Waals surface area contributed by atoms with Gasteiger partial charge in [0.25, 0.3) is 5.89 Å². The predicted molar refractivity (Wildman–Crippen MR) is 51.8 cm³/mol. The second-order valence-electron chi connectivity index (χ2n) is 2.43. The topological polar surface area (TPSA) is 64.9 Å². The van der Waals surface area contributed by atoms with E-state index in [4.69, 9.17) is 10.2 Å². The molecule has 2 N–H and O–H groups in total. The van der Waals surface area contributed by atoms with Crippen molar-refractivity contribution in [3.63, 3.8) is 0 Å². The Morgan fingerprint density at radius 3 is 2.62 bits per heavy atom. The highest BCUT2D eigenvalue weighted by atomic mass is 79.9. The molecule has 0 unspecified atom stereocenters. The summed E-state index contributed by atoms with van der Waals surface area (Å²) in [5.41, 5.74) is 6.15. The van der Waals surface area contributed by atoms with E-state index in [1.165, 1.54) is 0 Å². The predicted octanol–water partition coefficient (Wildman–Crippen LogP) is 2.08. The van der Waals surface area contributed by atoms with E-state index in [1.807, 2.05) is 24.3 Å². The van der Waals surface area contributed by atoms with Crippen molar-refractivity contribution in [3.8, 4) is 11.5 Å². The van der Waals surface area contributed by atoms with E-state index in [9.17, 15) is 0 Å². The second-order valence-corrected chi connectivity index (χ2v) is 3.28. The van der Waals surface area contributed by atoms with Gasteiger partial charge >= 0.3 is 6.01 Å². The van der Waals surface area contributed by atoms with E-state index in [2.05, 4.69) is 26.1 Å². The minimum absolute atomic E-state index is 0.0748. The number of anilines is 1. The maximum Gasteiger partial charge on any atom is 0.313 e. The fraction of sp³-hybridized carbons (Fsp3) is 0. The summed E-state index contributed by atoms with van der Waals surface area (Å²) in [6, 6.07) is 7.64. The van der Waals surface area contributed by atoms with Crippen LogP contribution in [-0.2, 0) is 0 Å². The van der Waals surface area contributed by atoms with Crippen LogP contribution in [0.2, 0.25) is 0 Å². The van der Waals surface area contributed by atoms with Crippen LogP contribution < -0.4 is 5.73 Å². The highest BCUT2D eigenvalue weighted by molar-refractivity contribution is 9.10. The molecule has 0 aliphatic heterocycles. The lowest BCUT2D eigenvalue weighted by Crippen LogP contribution is -1.81. The van der Waals surface area contributed by atoms with Gasteiger partial charge < -0.3 is 10.2 Å². The van der Waals surface area contributed by atoms with Gasteiger partial charge in [-0.1, -0.05) is 17.2 Å². The first kappa shape index (κ1) is 8.25. The molecule has 0 aliphatic rings. The SMILES string of the molecule is Nc1nnc(-c2ccccc2Br)o1. The van der Waals surface area contributed by atoms with E-state index in [0.717, 1.165) is 10.0 Å². The number of hydrogen-bond donors (Lipinski definition) is 1. The lowest BCUT2D eigenvalue weighted by atomic mass is 10.2. The molecule has 4 nitrogen and oxygen atoms in total. The van der Waals surface area contributed by atoms with Crippen LogP contribution in [0.15, 0.2) is 33.2 Å². The molecule has 1 aromatic heterocycles. The van der Waals surface area contributed by atoms with Gasteiger partial charge in [0.1, 0.15) is 0 Å². The Kier molecular flexibility index (Phi) is 2.02. The van der Waals surface area contributed by atoms with E-state index in [0.29, 0.717) is 5.89 Å². The molecule has 0 fully saturated rings. The summed E-state index contributed by atoms with van der Waals surface area (Å²) < 4.78 is 5.98. The quantitative estimate of drug-likeness (QED) is 0.828. The summed E-state index contributed by atoms with van der Waals surface area (Å²) in [5, 5.41) is 7.35. The van der Waals surface area contributed by atoms with Gasteiger partial charge in [0.15, 0.2) is 0 Å². The van der Waals surface area contributed by atoms with Crippen molar-refractivity contribution >= 4 is 21.9 Å². The number of nitrogens with two attached hydrogens (primary N) is 1. The molecule has 2 aromatic rings. The van der Waals surface area contributed by atoms with Crippen molar-refractivity contribution in [2.75, 3.05) is 5.73 Å². The minimum Gasteiger partial charge on any atom is -0.404 e. The molecule has 0 spiro atoms. The standard InChI is InChI=1S/C8H6BrN3O/c9-6-4-2-1-3-5(6)7-11-12-8(10)13-7/h1-4H,(H2,10,12). The summed E-state index contributed by atoms with van der Waals surface area (Å²) in [6.07, 6.45) is 0. The Morgan fingerprint density at radius 1 is 1.23 bits per heavy atom.